The predicted molar refractivity (Wildman–Crippen MR) is 173 cm³/mol. The number of nitrogens with one attached hydrogen (secondary N) is 3. The van der Waals surface area contributed by atoms with Gasteiger partial charge in [0, 0.05) is 29.1 Å². The molecule has 1 aliphatic heterocycles. The number of likely N-dealkylation sites (tertiary alicyclic amines) is 1. The van der Waals surface area contributed by atoms with Crippen molar-refractivity contribution in [3.8, 4) is 0 Å². The lowest BCUT2D eigenvalue weighted by molar-refractivity contribution is -0.142. The highest BCUT2D eigenvalue weighted by Gasteiger charge is 2.47. The topological polar surface area (TPSA) is 141 Å². The minimum atomic E-state index is -1.04. The fraction of sp³-hybridized carbons (Fsp3) is 0.657. The second-order valence-corrected chi connectivity index (χ2v) is 14.5. The maximum atomic E-state index is 14.1. The Morgan fingerprint density at radius 2 is 1.74 bits per heavy atom. The molecule has 1 saturated heterocycles. The number of rotatable bonds is 8. The van der Waals surface area contributed by atoms with Crippen LogP contribution in [0.1, 0.15) is 101 Å². The summed E-state index contributed by atoms with van der Waals surface area (Å²) in [6.07, 6.45) is 8.08. The van der Waals surface area contributed by atoms with Crippen molar-refractivity contribution >= 4 is 40.5 Å². The van der Waals surface area contributed by atoms with Gasteiger partial charge in [0.25, 0.3) is 0 Å². The molecule has 0 unspecified atom stereocenters. The number of halogens is 1. The number of benzene rings is 1. The number of hydrogen-bond donors (Lipinski definition) is 4. The average molecular weight is 641 g/mol. The third-order valence-electron chi connectivity index (χ3n) is 10.3. The number of carboxylic acids is 1. The number of carbonyl (C=O) groups excluding carboxylic acids is 3. The molecule has 1 aromatic heterocycles. The van der Waals surface area contributed by atoms with E-state index >= 15 is 0 Å². The molecule has 3 aliphatic rings. The third-order valence-corrected chi connectivity index (χ3v) is 10.3. The zero-order valence-electron chi connectivity index (χ0n) is 27.5. The van der Waals surface area contributed by atoms with Gasteiger partial charge in [0.1, 0.15) is 24.0 Å². The van der Waals surface area contributed by atoms with Crippen LogP contribution in [-0.4, -0.2) is 69.8 Å². The van der Waals surface area contributed by atoms with Gasteiger partial charge in [-0.15, -0.1) is 0 Å². The maximum absolute atomic E-state index is 14.1. The molecule has 11 heteroatoms. The summed E-state index contributed by atoms with van der Waals surface area (Å²) in [5, 5.41) is 16.0. The summed E-state index contributed by atoms with van der Waals surface area (Å²) in [5.41, 5.74) is 1.28. The number of anilines is 1. The Morgan fingerprint density at radius 3 is 2.37 bits per heavy atom. The number of aryl methyl sites for hydroxylation is 1. The number of H-pyrrole nitrogens is 1. The van der Waals surface area contributed by atoms with Crippen LogP contribution in [0.4, 0.5) is 14.9 Å². The van der Waals surface area contributed by atoms with Crippen LogP contribution in [0.2, 0.25) is 0 Å². The zero-order valence-corrected chi connectivity index (χ0v) is 27.5. The Hall–Kier alpha value is -3.63. The summed E-state index contributed by atoms with van der Waals surface area (Å²) in [6, 6.07) is 4.06. The highest BCUT2D eigenvalue weighted by Crippen LogP contribution is 2.41. The predicted octanol–water partition coefficient (Wildman–Crippen LogP) is 6.58. The van der Waals surface area contributed by atoms with Crippen LogP contribution < -0.4 is 10.6 Å². The van der Waals surface area contributed by atoms with E-state index in [0.29, 0.717) is 54.9 Å². The summed E-state index contributed by atoms with van der Waals surface area (Å²) < 4.78 is 19.3. The molecular weight excluding hydrogens is 591 g/mol. The van der Waals surface area contributed by atoms with Crippen LogP contribution in [0.15, 0.2) is 18.2 Å². The quantitative estimate of drug-likeness (QED) is 0.257. The molecule has 2 aliphatic carbocycles. The second-order valence-electron chi connectivity index (χ2n) is 14.5. The van der Waals surface area contributed by atoms with Crippen LogP contribution in [0.5, 0.6) is 0 Å². The largest absolute Gasteiger partial charge is 0.477 e. The van der Waals surface area contributed by atoms with E-state index in [1.165, 1.54) is 6.42 Å². The number of fused-ring (bicyclic) bond motifs is 1. The Balaban J connectivity index is 1.29. The Labute approximate surface area is 270 Å². The van der Waals surface area contributed by atoms with Crippen molar-refractivity contribution in [3.63, 3.8) is 0 Å². The van der Waals surface area contributed by atoms with Crippen molar-refractivity contribution < 1.29 is 33.4 Å². The van der Waals surface area contributed by atoms with Crippen molar-refractivity contribution in [3.05, 3.63) is 29.5 Å². The molecule has 2 heterocycles. The van der Waals surface area contributed by atoms with E-state index in [9.17, 15) is 28.7 Å². The molecule has 0 bridgehead atoms. The summed E-state index contributed by atoms with van der Waals surface area (Å²) in [4.78, 5) is 56.8. The molecule has 2 aromatic rings. The van der Waals surface area contributed by atoms with Gasteiger partial charge in [0.2, 0.25) is 11.8 Å². The fourth-order valence-electron chi connectivity index (χ4n) is 8.03. The van der Waals surface area contributed by atoms with Crippen LogP contribution in [-0.2, 0) is 14.3 Å². The first kappa shape index (κ1) is 33.7. The maximum Gasteiger partial charge on any atom is 0.407 e. The molecule has 1 aromatic carbocycles. The van der Waals surface area contributed by atoms with Crippen molar-refractivity contribution in [1.29, 1.82) is 0 Å². The van der Waals surface area contributed by atoms with Crippen molar-refractivity contribution in [2.75, 3.05) is 18.5 Å². The lowest BCUT2D eigenvalue weighted by Gasteiger charge is -2.37. The van der Waals surface area contributed by atoms with Gasteiger partial charge in [-0.3, -0.25) is 9.59 Å². The Bertz CT molecular complexity index is 1440. The molecule has 252 valence electrons. The number of nitrogens with zero attached hydrogens (tertiary/aromatic N) is 1. The lowest BCUT2D eigenvalue weighted by Crippen LogP contribution is -2.50. The highest BCUT2D eigenvalue weighted by atomic mass is 19.1. The number of alkyl carbamates (subject to hydrolysis) is 1. The standard InChI is InChI=1S/C35H49FN4O6/c1-20-26-18-24(14-15-27(26)38-29(20)33(43)44)37-31(41)30-25(21-8-6-5-7-9-21)16-17-40(30)32(42)23-12-10-22(11-13-23)28(19-36)39-34(45)46-35(2,3)4/h14-15,18,21-23,25,28,30,38H,5-13,16-17,19H2,1-4H3,(H,37,41)(H,39,45)(H,43,44)/t22?,23?,25-,28+,30+/m0/s1. The number of carboxylic acid groups (broad SMARTS) is 1. The molecule has 2 saturated carbocycles. The van der Waals surface area contributed by atoms with Crippen LogP contribution in [0.25, 0.3) is 10.9 Å². The van der Waals surface area contributed by atoms with E-state index in [1.54, 1.807) is 50.8 Å². The number of amides is 3. The number of aromatic carboxylic acids is 1. The summed E-state index contributed by atoms with van der Waals surface area (Å²) >= 11 is 0. The van der Waals surface area contributed by atoms with Crippen LogP contribution >= 0.6 is 0 Å². The molecule has 4 N–H and O–H groups in total. The van der Waals surface area contributed by atoms with E-state index in [4.69, 9.17) is 4.74 Å². The smallest absolute Gasteiger partial charge is 0.407 e. The Kier molecular flexibility index (Phi) is 10.3. The number of carbonyl (C=O) groups is 4. The molecule has 0 radical (unpaired) electrons. The molecule has 3 fully saturated rings. The van der Waals surface area contributed by atoms with Crippen molar-refractivity contribution in [1.82, 2.24) is 15.2 Å². The third kappa shape index (κ3) is 7.50. The first-order valence-electron chi connectivity index (χ1n) is 16.9. The van der Waals surface area contributed by atoms with E-state index in [2.05, 4.69) is 15.6 Å². The monoisotopic (exact) mass is 640 g/mol. The first-order valence-corrected chi connectivity index (χ1v) is 16.9. The average Bonchev–Trinajstić information content (AvgIpc) is 3.61. The van der Waals surface area contributed by atoms with E-state index in [-0.39, 0.29) is 35.3 Å². The molecule has 0 spiro atoms. The van der Waals surface area contributed by atoms with Gasteiger partial charge in [0.15, 0.2) is 0 Å². The van der Waals surface area contributed by atoms with Gasteiger partial charge in [-0.2, -0.15) is 0 Å². The van der Waals surface area contributed by atoms with Crippen molar-refractivity contribution in [2.45, 2.75) is 110 Å². The minimum Gasteiger partial charge on any atom is -0.477 e. The highest BCUT2D eigenvalue weighted by molar-refractivity contribution is 6.02. The number of ether oxygens (including phenoxy) is 1. The Morgan fingerprint density at radius 1 is 1.04 bits per heavy atom. The van der Waals surface area contributed by atoms with E-state index < -0.39 is 36.4 Å². The molecular formula is C35H49FN4O6. The van der Waals surface area contributed by atoms with Crippen molar-refractivity contribution in [2.24, 2.45) is 23.7 Å². The zero-order chi connectivity index (χ0) is 33.2. The van der Waals surface area contributed by atoms with E-state index in [1.807, 2.05) is 0 Å². The normalized spacial score (nSPS) is 24.8. The van der Waals surface area contributed by atoms with Gasteiger partial charge in [0.05, 0.1) is 6.04 Å². The van der Waals surface area contributed by atoms with E-state index in [0.717, 1.165) is 37.5 Å². The number of alkyl halides is 1. The summed E-state index contributed by atoms with van der Waals surface area (Å²) in [6.45, 7) is 6.85. The van der Waals surface area contributed by atoms with Gasteiger partial charge in [-0.1, -0.05) is 32.1 Å². The fourth-order valence-corrected chi connectivity index (χ4v) is 8.03. The molecule has 3 amide bonds. The molecule has 5 rings (SSSR count). The van der Waals surface area contributed by atoms with Gasteiger partial charge in [-0.05, 0) is 101 Å². The molecule has 46 heavy (non-hydrogen) atoms. The summed E-state index contributed by atoms with van der Waals surface area (Å²) in [7, 11) is 0. The van der Waals surface area contributed by atoms with Gasteiger partial charge < -0.3 is 30.4 Å². The minimum absolute atomic E-state index is 0.0168. The first-order chi connectivity index (χ1) is 21.9. The number of aromatic amines is 1. The number of hydrogen-bond acceptors (Lipinski definition) is 5. The summed E-state index contributed by atoms with van der Waals surface area (Å²) in [5.74, 6) is -1.16. The second kappa shape index (κ2) is 14.0. The molecule has 10 nitrogen and oxygen atoms in total. The van der Waals surface area contributed by atoms with Gasteiger partial charge >= 0.3 is 12.1 Å². The van der Waals surface area contributed by atoms with Crippen LogP contribution in [0.3, 0.4) is 0 Å². The SMILES string of the molecule is Cc1c(C(=O)O)[nH]c2ccc(NC(=O)[C@H]3[C@H](C4CCCCC4)CCN3C(=O)C3CCC([C@@H](CF)NC(=O)OC(C)(C)C)CC3)cc12. The lowest BCUT2D eigenvalue weighted by atomic mass is 9.76. The molecule has 3 atom stereocenters. The van der Waals surface area contributed by atoms with Crippen LogP contribution in [0, 0.1) is 30.6 Å². The van der Waals surface area contributed by atoms with Gasteiger partial charge in [-0.25, -0.2) is 14.0 Å². The number of aromatic nitrogens is 1.